The van der Waals surface area contributed by atoms with Gasteiger partial charge in [-0.05, 0) is 31.6 Å². The number of likely N-dealkylation sites (N-methyl/N-ethyl adjacent to an activating group) is 1. The minimum atomic E-state index is 0.103. The molecule has 3 heteroatoms. The molecule has 0 radical (unpaired) electrons. The van der Waals surface area contributed by atoms with Gasteiger partial charge in [-0.25, -0.2) is 0 Å². The second-order valence-corrected chi connectivity index (χ2v) is 6.14. The van der Waals surface area contributed by atoms with Gasteiger partial charge in [-0.3, -0.25) is 4.90 Å². The molecule has 0 aliphatic heterocycles. The topological polar surface area (TPSA) is 21.7 Å². The lowest BCUT2D eigenvalue weighted by Gasteiger charge is -2.32. The molecule has 0 N–H and O–H groups in total. The van der Waals surface area contributed by atoms with Gasteiger partial charge < -0.3 is 9.47 Å². The molecule has 24 heavy (non-hydrogen) atoms. The summed E-state index contributed by atoms with van der Waals surface area (Å²) >= 11 is 0. The molecule has 2 atom stereocenters. The van der Waals surface area contributed by atoms with Gasteiger partial charge >= 0.3 is 0 Å². The third-order valence-corrected chi connectivity index (χ3v) is 4.36. The van der Waals surface area contributed by atoms with E-state index in [1.807, 2.05) is 36.4 Å². The Hall–Kier alpha value is -1.68. The SMILES string of the molecule is CCN(C)C(COCc1ccccc1)C(C)OCc1ccccc1. The summed E-state index contributed by atoms with van der Waals surface area (Å²) in [6, 6.07) is 20.8. The Bertz CT molecular complexity index is 559. The molecule has 0 heterocycles. The van der Waals surface area contributed by atoms with E-state index in [0.29, 0.717) is 19.8 Å². The van der Waals surface area contributed by atoms with Gasteiger partial charge in [-0.15, -0.1) is 0 Å². The van der Waals surface area contributed by atoms with Gasteiger partial charge in [0.1, 0.15) is 0 Å². The highest BCUT2D eigenvalue weighted by Crippen LogP contribution is 2.12. The van der Waals surface area contributed by atoms with Crippen LogP contribution in [0.15, 0.2) is 60.7 Å². The van der Waals surface area contributed by atoms with E-state index >= 15 is 0 Å². The molecule has 2 rings (SSSR count). The molecule has 2 aromatic rings. The van der Waals surface area contributed by atoms with Crippen molar-refractivity contribution in [3.05, 3.63) is 71.8 Å². The Morgan fingerprint density at radius 1 is 0.875 bits per heavy atom. The molecule has 0 bridgehead atoms. The monoisotopic (exact) mass is 327 g/mol. The average Bonchev–Trinajstić information content (AvgIpc) is 2.64. The molecule has 0 aliphatic rings. The fourth-order valence-corrected chi connectivity index (χ4v) is 2.64. The molecule has 0 fully saturated rings. The largest absolute Gasteiger partial charge is 0.375 e. The van der Waals surface area contributed by atoms with Crippen molar-refractivity contribution in [1.29, 1.82) is 0 Å². The van der Waals surface area contributed by atoms with Crippen LogP contribution in [0.5, 0.6) is 0 Å². The van der Waals surface area contributed by atoms with E-state index in [4.69, 9.17) is 9.47 Å². The van der Waals surface area contributed by atoms with Crippen molar-refractivity contribution in [2.75, 3.05) is 20.2 Å². The first-order valence-electron chi connectivity index (χ1n) is 8.68. The van der Waals surface area contributed by atoms with Crippen LogP contribution in [-0.2, 0) is 22.7 Å². The van der Waals surface area contributed by atoms with Crippen LogP contribution in [0.3, 0.4) is 0 Å². The van der Waals surface area contributed by atoms with Crippen LogP contribution in [0.4, 0.5) is 0 Å². The first-order valence-corrected chi connectivity index (χ1v) is 8.68. The lowest BCUT2D eigenvalue weighted by atomic mass is 10.1. The van der Waals surface area contributed by atoms with Gasteiger partial charge in [-0.1, -0.05) is 67.6 Å². The second kappa shape index (κ2) is 10.2. The Balaban J connectivity index is 1.84. The van der Waals surface area contributed by atoms with Gasteiger partial charge in [-0.2, -0.15) is 0 Å². The number of nitrogens with zero attached hydrogens (tertiary/aromatic N) is 1. The van der Waals surface area contributed by atoms with E-state index in [2.05, 4.69) is 50.1 Å². The zero-order valence-corrected chi connectivity index (χ0v) is 15.0. The maximum absolute atomic E-state index is 6.09. The molecular formula is C21H29NO2. The van der Waals surface area contributed by atoms with Gasteiger partial charge in [0.2, 0.25) is 0 Å². The molecule has 3 nitrogen and oxygen atoms in total. The van der Waals surface area contributed by atoms with E-state index < -0.39 is 0 Å². The summed E-state index contributed by atoms with van der Waals surface area (Å²) in [6.45, 7) is 7.20. The summed E-state index contributed by atoms with van der Waals surface area (Å²) in [5.41, 5.74) is 2.40. The number of ether oxygens (including phenoxy) is 2. The molecule has 130 valence electrons. The number of hydrogen-bond acceptors (Lipinski definition) is 3. The molecule has 2 aromatic carbocycles. The zero-order chi connectivity index (χ0) is 17.2. The van der Waals surface area contributed by atoms with Crippen molar-refractivity contribution in [3.8, 4) is 0 Å². The maximum atomic E-state index is 6.09. The van der Waals surface area contributed by atoms with Crippen molar-refractivity contribution >= 4 is 0 Å². The highest BCUT2D eigenvalue weighted by atomic mass is 16.5. The quantitative estimate of drug-likeness (QED) is 0.655. The van der Waals surface area contributed by atoms with E-state index in [1.54, 1.807) is 0 Å². The summed E-state index contributed by atoms with van der Waals surface area (Å²) in [5.74, 6) is 0. The van der Waals surface area contributed by atoms with Gasteiger partial charge in [0.15, 0.2) is 0 Å². The first kappa shape index (κ1) is 18.7. The fourth-order valence-electron chi connectivity index (χ4n) is 2.64. The molecule has 0 amide bonds. The Labute approximate surface area is 146 Å². The van der Waals surface area contributed by atoms with Crippen LogP contribution in [0.25, 0.3) is 0 Å². The van der Waals surface area contributed by atoms with Crippen LogP contribution in [-0.4, -0.2) is 37.2 Å². The van der Waals surface area contributed by atoms with Crippen molar-refractivity contribution < 1.29 is 9.47 Å². The minimum absolute atomic E-state index is 0.103. The van der Waals surface area contributed by atoms with Crippen molar-refractivity contribution in [1.82, 2.24) is 4.90 Å². The molecule has 2 unspecified atom stereocenters. The number of rotatable bonds is 10. The van der Waals surface area contributed by atoms with E-state index in [-0.39, 0.29) is 12.1 Å². The minimum Gasteiger partial charge on any atom is -0.375 e. The summed E-state index contributed by atoms with van der Waals surface area (Å²) < 4.78 is 12.1. The molecular weight excluding hydrogens is 298 g/mol. The van der Waals surface area contributed by atoms with Crippen molar-refractivity contribution in [2.24, 2.45) is 0 Å². The summed E-state index contributed by atoms with van der Waals surface area (Å²) in [6.07, 6.45) is 0.103. The first-order chi connectivity index (χ1) is 11.7. The number of benzene rings is 2. The molecule has 0 aromatic heterocycles. The van der Waals surface area contributed by atoms with Gasteiger partial charge in [0, 0.05) is 0 Å². The molecule has 0 saturated carbocycles. The lowest BCUT2D eigenvalue weighted by molar-refractivity contribution is -0.0416. The Kier molecular flexibility index (Phi) is 7.96. The van der Waals surface area contributed by atoms with E-state index in [0.717, 1.165) is 6.54 Å². The maximum Gasteiger partial charge on any atom is 0.0729 e. The lowest BCUT2D eigenvalue weighted by Crippen LogP contribution is -2.44. The average molecular weight is 327 g/mol. The van der Waals surface area contributed by atoms with Crippen LogP contribution >= 0.6 is 0 Å². The Morgan fingerprint density at radius 3 is 1.96 bits per heavy atom. The van der Waals surface area contributed by atoms with Crippen molar-refractivity contribution in [3.63, 3.8) is 0 Å². The third-order valence-electron chi connectivity index (χ3n) is 4.36. The van der Waals surface area contributed by atoms with Gasteiger partial charge in [0.05, 0.1) is 32.0 Å². The van der Waals surface area contributed by atoms with Crippen molar-refractivity contribution in [2.45, 2.75) is 39.2 Å². The van der Waals surface area contributed by atoms with Gasteiger partial charge in [0.25, 0.3) is 0 Å². The normalized spacial score (nSPS) is 13.8. The van der Waals surface area contributed by atoms with E-state index in [1.165, 1.54) is 11.1 Å². The van der Waals surface area contributed by atoms with Crippen LogP contribution < -0.4 is 0 Å². The smallest absolute Gasteiger partial charge is 0.0729 e. The van der Waals surface area contributed by atoms with Crippen LogP contribution in [0.2, 0.25) is 0 Å². The molecule has 0 spiro atoms. The molecule has 0 saturated heterocycles. The number of hydrogen-bond donors (Lipinski definition) is 0. The highest BCUT2D eigenvalue weighted by molar-refractivity contribution is 5.14. The Morgan fingerprint density at radius 2 is 1.42 bits per heavy atom. The zero-order valence-electron chi connectivity index (χ0n) is 15.0. The fraction of sp³-hybridized carbons (Fsp3) is 0.429. The predicted octanol–water partition coefficient (Wildman–Crippen LogP) is 4.13. The highest BCUT2D eigenvalue weighted by Gasteiger charge is 2.22. The van der Waals surface area contributed by atoms with Crippen LogP contribution in [0, 0.1) is 0 Å². The summed E-state index contributed by atoms with van der Waals surface area (Å²) in [4.78, 5) is 2.29. The summed E-state index contributed by atoms with van der Waals surface area (Å²) in [5, 5.41) is 0. The second-order valence-electron chi connectivity index (χ2n) is 6.14. The molecule has 0 aliphatic carbocycles. The van der Waals surface area contributed by atoms with E-state index in [9.17, 15) is 0 Å². The third kappa shape index (κ3) is 6.08. The van der Waals surface area contributed by atoms with Crippen LogP contribution in [0.1, 0.15) is 25.0 Å². The standard InChI is InChI=1S/C21H29NO2/c1-4-22(3)21(17-23-15-19-11-7-5-8-12-19)18(2)24-16-20-13-9-6-10-14-20/h5-14,18,21H,4,15-17H2,1-3H3. The summed E-state index contributed by atoms with van der Waals surface area (Å²) in [7, 11) is 2.12. The predicted molar refractivity (Wildman–Crippen MR) is 98.9 cm³/mol.